The summed E-state index contributed by atoms with van der Waals surface area (Å²) in [6.45, 7) is 1.89. The largest absolute Gasteiger partial charge is 0.481 e. The molecule has 0 N–H and O–H groups in total. The van der Waals surface area contributed by atoms with Crippen molar-refractivity contribution in [1.29, 1.82) is 0 Å². The number of benzene rings is 1. The molecule has 1 aromatic carbocycles. The van der Waals surface area contributed by atoms with Gasteiger partial charge in [0.1, 0.15) is 18.0 Å². The molecule has 2 aliphatic rings. The topological polar surface area (TPSA) is 56.1 Å². The summed E-state index contributed by atoms with van der Waals surface area (Å²) in [4.78, 5) is 15.6. The van der Waals surface area contributed by atoms with E-state index >= 15 is 0 Å². The van der Waals surface area contributed by atoms with E-state index < -0.39 is 0 Å². The number of methoxy groups -OCH3 is 1. The van der Waals surface area contributed by atoms with Gasteiger partial charge in [-0.2, -0.15) is 0 Å². The SMILES string of the molecule is COc1cc(N2CC(n3c(C4CC4)nc4ccccc43)C2)ncn1. The fraction of sp³-hybridized carbons (Fsp3) is 0.389. The Bertz CT molecular complexity index is 895. The normalized spacial score (nSPS) is 18.0. The molecule has 24 heavy (non-hydrogen) atoms. The third kappa shape index (κ3) is 2.13. The monoisotopic (exact) mass is 321 g/mol. The van der Waals surface area contributed by atoms with E-state index in [4.69, 9.17) is 9.72 Å². The van der Waals surface area contributed by atoms with Crippen molar-refractivity contribution in [1.82, 2.24) is 19.5 Å². The van der Waals surface area contributed by atoms with Gasteiger partial charge in [-0.15, -0.1) is 0 Å². The lowest BCUT2D eigenvalue weighted by Gasteiger charge is -2.41. The van der Waals surface area contributed by atoms with Gasteiger partial charge < -0.3 is 14.2 Å². The zero-order valence-corrected chi connectivity index (χ0v) is 13.6. The van der Waals surface area contributed by atoms with Gasteiger partial charge in [-0.25, -0.2) is 15.0 Å². The second-order valence-corrected chi connectivity index (χ2v) is 6.58. The molecule has 0 unspecified atom stereocenters. The molecule has 6 heteroatoms. The van der Waals surface area contributed by atoms with Crippen LogP contribution in [0.15, 0.2) is 36.7 Å². The van der Waals surface area contributed by atoms with Gasteiger partial charge in [0.2, 0.25) is 5.88 Å². The lowest BCUT2D eigenvalue weighted by molar-refractivity contribution is 0.385. The number of rotatable bonds is 4. The maximum absolute atomic E-state index is 5.20. The van der Waals surface area contributed by atoms with Crippen molar-refractivity contribution in [3.63, 3.8) is 0 Å². The highest BCUT2D eigenvalue weighted by Crippen LogP contribution is 2.43. The highest BCUT2D eigenvalue weighted by molar-refractivity contribution is 5.76. The van der Waals surface area contributed by atoms with E-state index in [0.717, 1.165) is 24.4 Å². The average Bonchev–Trinajstić information content (AvgIpc) is 3.36. The van der Waals surface area contributed by atoms with Crippen molar-refractivity contribution in [2.75, 3.05) is 25.1 Å². The van der Waals surface area contributed by atoms with E-state index in [0.29, 0.717) is 17.8 Å². The van der Waals surface area contributed by atoms with Crippen LogP contribution in [0.3, 0.4) is 0 Å². The van der Waals surface area contributed by atoms with Gasteiger partial charge in [-0.05, 0) is 25.0 Å². The van der Waals surface area contributed by atoms with Gasteiger partial charge in [0.25, 0.3) is 0 Å². The zero-order chi connectivity index (χ0) is 16.1. The summed E-state index contributed by atoms with van der Waals surface area (Å²) >= 11 is 0. The summed E-state index contributed by atoms with van der Waals surface area (Å²) in [5, 5.41) is 0. The molecular formula is C18H19N5O. The number of para-hydroxylation sites is 2. The van der Waals surface area contributed by atoms with Crippen LogP contribution < -0.4 is 9.64 Å². The van der Waals surface area contributed by atoms with Gasteiger partial charge in [-0.1, -0.05) is 12.1 Å². The van der Waals surface area contributed by atoms with Crippen molar-refractivity contribution in [3.05, 3.63) is 42.5 Å². The number of nitrogens with zero attached hydrogens (tertiary/aromatic N) is 5. The average molecular weight is 321 g/mol. The summed E-state index contributed by atoms with van der Waals surface area (Å²) < 4.78 is 7.66. The summed E-state index contributed by atoms with van der Waals surface area (Å²) in [6.07, 6.45) is 4.09. The van der Waals surface area contributed by atoms with E-state index in [1.165, 1.54) is 24.2 Å². The Hall–Kier alpha value is -2.63. The predicted octanol–water partition coefficient (Wildman–Crippen LogP) is 2.77. The predicted molar refractivity (Wildman–Crippen MR) is 91.5 cm³/mol. The van der Waals surface area contributed by atoms with Gasteiger partial charge in [0.05, 0.1) is 24.2 Å². The molecule has 1 aliphatic carbocycles. The van der Waals surface area contributed by atoms with Crippen LogP contribution in [-0.2, 0) is 0 Å². The molecule has 0 radical (unpaired) electrons. The van der Waals surface area contributed by atoms with Crippen molar-refractivity contribution in [2.24, 2.45) is 0 Å². The molecule has 1 saturated heterocycles. The molecule has 0 atom stereocenters. The molecule has 5 rings (SSSR count). The smallest absolute Gasteiger partial charge is 0.218 e. The second-order valence-electron chi connectivity index (χ2n) is 6.58. The molecule has 2 aromatic heterocycles. The Kier molecular flexibility index (Phi) is 2.98. The number of aromatic nitrogens is 4. The molecule has 1 aliphatic heterocycles. The third-order valence-electron chi connectivity index (χ3n) is 4.95. The standard InChI is InChI=1S/C18H19N5O/c1-24-17-8-16(19-11-20-17)22-9-13(10-22)23-15-5-3-2-4-14(15)21-18(23)12-6-7-12/h2-5,8,11-13H,6-7,9-10H2,1H3. The maximum atomic E-state index is 5.20. The van der Waals surface area contributed by atoms with Gasteiger partial charge in [0, 0.05) is 25.1 Å². The minimum atomic E-state index is 0.453. The Morgan fingerprint density at radius 1 is 1.12 bits per heavy atom. The number of imidazole rings is 1. The first kappa shape index (κ1) is 13.8. The highest BCUT2D eigenvalue weighted by atomic mass is 16.5. The summed E-state index contributed by atoms with van der Waals surface area (Å²) in [5.41, 5.74) is 2.37. The molecule has 3 heterocycles. The molecule has 1 saturated carbocycles. The second kappa shape index (κ2) is 5.19. The molecule has 0 amide bonds. The Morgan fingerprint density at radius 3 is 2.75 bits per heavy atom. The van der Waals surface area contributed by atoms with Crippen LogP contribution in [0.1, 0.15) is 30.6 Å². The highest BCUT2D eigenvalue weighted by Gasteiger charge is 2.36. The number of hydrogen-bond donors (Lipinski definition) is 0. The van der Waals surface area contributed by atoms with Gasteiger partial charge >= 0.3 is 0 Å². The molecular weight excluding hydrogens is 302 g/mol. The molecule has 2 fully saturated rings. The quantitative estimate of drug-likeness (QED) is 0.739. The number of ether oxygens (including phenoxy) is 1. The van der Waals surface area contributed by atoms with E-state index in [2.05, 4.69) is 43.7 Å². The fourth-order valence-electron chi connectivity index (χ4n) is 3.50. The summed E-state index contributed by atoms with van der Waals surface area (Å²) in [6, 6.07) is 10.8. The van der Waals surface area contributed by atoms with Crippen molar-refractivity contribution in [2.45, 2.75) is 24.8 Å². The first-order valence-corrected chi connectivity index (χ1v) is 8.41. The van der Waals surface area contributed by atoms with Crippen LogP contribution in [0.25, 0.3) is 11.0 Å². The Balaban J connectivity index is 1.44. The zero-order valence-electron chi connectivity index (χ0n) is 13.6. The van der Waals surface area contributed by atoms with Crippen LogP contribution in [0.5, 0.6) is 5.88 Å². The molecule has 0 spiro atoms. The first-order valence-electron chi connectivity index (χ1n) is 8.41. The summed E-state index contributed by atoms with van der Waals surface area (Å²) in [7, 11) is 1.63. The Morgan fingerprint density at radius 2 is 1.96 bits per heavy atom. The fourth-order valence-corrected chi connectivity index (χ4v) is 3.50. The maximum Gasteiger partial charge on any atom is 0.218 e. The summed E-state index contributed by atoms with van der Waals surface area (Å²) in [5.74, 6) is 3.44. The van der Waals surface area contributed by atoms with Crippen molar-refractivity contribution >= 4 is 16.9 Å². The third-order valence-corrected chi connectivity index (χ3v) is 4.95. The first-order chi connectivity index (χ1) is 11.8. The molecule has 6 nitrogen and oxygen atoms in total. The van der Waals surface area contributed by atoms with E-state index in [-0.39, 0.29) is 0 Å². The number of fused-ring (bicyclic) bond motifs is 1. The number of anilines is 1. The van der Waals surface area contributed by atoms with Crippen LogP contribution in [0.4, 0.5) is 5.82 Å². The van der Waals surface area contributed by atoms with Crippen LogP contribution in [-0.4, -0.2) is 39.7 Å². The molecule has 122 valence electrons. The minimum Gasteiger partial charge on any atom is -0.481 e. The number of hydrogen-bond acceptors (Lipinski definition) is 5. The molecule has 3 aromatic rings. The van der Waals surface area contributed by atoms with Gasteiger partial charge in [-0.3, -0.25) is 0 Å². The van der Waals surface area contributed by atoms with E-state index in [1.54, 1.807) is 13.4 Å². The Labute approximate surface area is 140 Å². The van der Waals surface area contributed by atoms with Crippen LogP contribution in [0, 0.1) is 0 Å². The molecule has 0 bridgehead atoms. The minimum absolute atomic E-state index is 0.453. The lowest BCUT2D eigenvalue weighted by Crippen LogP contribution is -2.48. The van der Waals surface area contributed by atoms with E-state index in [1.807, 2.05) is 6.07 Å². The van der Waals surface area contributed by atoms with Gasteiger partial charge in [0.15, 0.2) is 0 Å². The van der Waals surface area contributed by atoms with E-state index in [9.17, 15) is 0 Å². The van der Waals surface area contributed by atoms with Crippen LogP contribution in [0.2, 0.25) is 0 Å². The van der Waals surface area contributed by atoms with Crippen molar-refractivity contribution < 1.29 is 4.74 Å². The van der Waals surface area contributed by atoms with Crippen LogP contribution >= 0.6 is 0 Å². The lowest BCUT2D eigenvalue weighted by atomic mass is 10.1. The van der Waals surface area contributed by atoms with Crippen molar-refractivity contribution in [3.8, 4) is 5.88 Å².